The number of hydrogen-bond acceptors (Lipinski definition) is 2. The van der Waals surface area contributed by atoms with Crippen molar-refractivity contribution in [2.75, 3.05) is 5.32 Å². The lowest BCUT2D eigenvalue weighted by molar-refractivity contribution is 0.660. The van der Waals surface area contributed by atoms with Gasteiger partial charge in [0.15, 0.2) is 0 Å². The third-order valence-corrected chi connectivity index (χ3v) is 8.45. The minimum atomic E-state index is 0.00359. The quantitative estimate of drug-likeness (QED) is 0.282. The highest BCUT2D eigenvalue weighted by molar-refractivity contribution is 7.26. The largest absolute Gasteiger partial charge is 0.355 e. The van der Waals surface area contributed by atoms with E-state index in [9.17, 15) is 0 Å². The SMILES string of the molecule is CC1(C)c2ccccc2-c2ccc(Nc3cccc4sc5c6ccccc6ccc5c34)cc21. The number of thiophene rings is 1. The molecule has 0 amide bonds. The van der Waals surface area contributed by atoms with Crippen molar-refractivity contribution in [2.45, 2.75) is 19.3 Å². The molecule has 0 atom stereocenters. The molecule has 0 fully saturated rings. The fourth-order valence-corrected chi connectivity index (χ4v) is 6.86. The van der Waals surface area contributed by atoms with E-state index in [1.165, 1.54) is 58.9 Å². The zero-order valence-corrected chi connectivity index (χ0v) is 19.5. The Kier molecular flexibility index (Phi) is 3.83. The summed E-state index contributed by atoms with van der Waals surface area (Å²) >= 11 is 1.89. The lowest BCUT2D eigenvalue weighted by Gasteiger charge is -2.22. The maximum absolute atomic E-state index is 3.77. The molecule has 1 aliphatic rings. The molecule has 5 aromatic carbocycles. The minimum absolute atomic E-state index is 0.00359. The molecular formula is C31H23NS. The monoisotopic (exact) mass is 441 g/mol. The van der Waals surface area contributed by atoms with Gasteiger partial charge in [0, 0.05) is 37.0 Å². The van der Waals surface area contributed by atoms with Crippen molar-refractivity contribution in [3.63, 3.8) is 0 Å². The van der Waals surface area contributed by atoms with Crippen LogP contribution >= 0.6 is 11.3 Å². The van der Waals surface area contributed by atoms with Crippen LogP contribution in [0.2, 0.25) is 0 Å². The number of anilines is 2. The molecule has 1 aromatic heterocycles. The second kappa shape index (κ2) is 6.69. The zero-order valence-electron chi connectivity index (χ0n) is 18.6. The fraction of sp³-hybridized carbons (Fsp3) is 0.0968. The van der Waals surface area contributed by atoms with Crippen molar-refractivity contribution in [3.05, 3.63) is 108 Å². The summed E-state index contributed by atoms with van der Waals surface area (Å²) in [5, 5.41) is 9.04. The average molecular weight is 442 g/mol. The van der Waals surface area contributed by atoms with Crippen LogP contribution in [0.15, 0.2) is 97.1 Å². The van der Waals surface area contributed by atoms with E-state index in [4.69, 9.17) is 0 Å². The minimum Gasteiger partial charge on any atom is -0.355 e. The molecule has 1 heterocycles. The molecule has 0 saturated carbocycles. The molecule has 158 valence electrons. The lowest BCUT2D eigenvalue weighted by atomic mass is 9.82. The van der Waals surface area contributed by atoms with Crippen LogP contribution in [-0.4, -0.2) is 0 Å². The van der Waals surface area contributed by atoms with E-state index in [1.807, 2.05) is 11.3 Å². The van der Waals surface area contributed by atoms with Gasteiger partial charge in [0.25, 0.3) is 0 Å². The van der Waals surface area contributed by atoms with Crippen LogP contribution in [0.5, 0.6) is 0 Å². The van der Waals surface area contributed by atoms with E-state index >= 15 is 0 Å². The second-order valence-electron chi connectivity index (χ2n) is 9.50. The van der Waals surface area contributed by atoms with Crippen molar-refractivity contribution in [3.8, 4) is 11.1 Å². The highest BCUT2D eigenvalue weighted by atomic mass is 32.1. The molecule has 1 N–H and O–H groups in total. The molecule has 6 aromatic rings. The number of rotatable bonds is 2. The van der Waals surface area contributed by atoms with Gasteiger partial charge in [-0.1, -0.05) is 86.6 Å². The van der Waals surface area contributed by atoms with Crippen molar-refractivity contribution in [1.29, 1.82) is 0 Å². The Morgan fingerprint density at radius 1 is 0.667 bits per heavy atom. The molecular weight excluding hydrogens is 418 g/mol. The Hall–Kier alpha value is -3.62. The predicted molar refractivity (Wildman–Crippen MR) is 144 cm³/mol. The fourth-order valence-electron chi connectivity index (χ4n) is 5.60. The zero-order chi connectivity index (χ0) is 22.2. The van der Waals surface area contributed by atoms with E-state index in [0.717, 1.165) is 5.69 Å². The average Bonchev–Trinajstić information content (AvgIpc) is 3.34. The van der Waals surface area contributed by atoms with E-state index in [-0.39, 0.29) is 5.41 Å². The van der Waals surface area contributed by atoms with E-state index in [0.29, 0.717) is 0 Å². The van der Waals surface area contributed by atoms with Gasteiger partial charge in [-0.15, -0.1) is 11.3 Å². The maximum Gasteiger partial charge on any atom is 0.0478 e. The first kappa shape index (κ1) is 18.9. The van der Waals surface area contributed by atoms with Gasteiger partial charge < -0.3 is 5.32 Å². The number of fused-ring (bicyclic) bond motifs is 8. The molecule has 0 saturated heterocycles. The van der Waals surface area contributed by atoms with Crippen molar-refractivity contribution >= 4 is 53.7 Å². The first-order valence-corrected chi connectivity index (χ1v) is 12.3. The normalized spacial score (nSPS) is 14.0. The number of hydrogen-bond donors (Lipinski definition) is 1. The molecule has 2 heteroatoms. The smallest absolute Gasteiger partial charge is 0.0478 e. The summed E-state index contributed by atoms with van der Waals surface area (Å²) in [6.45, 7) is 4.67. The first-order valence-electron chi connectivity index (χ1n) is 11.5. The topological polar surface area (TPSA) is 12.0 Å². The molecule has 0 unspecified atom stereocenters. The molecule has 0 radical (unpaired) electrons. The van der Waals surface area contributed by atoms with Gasteiger partial charge >= 0.3 is 0 Å². The van der Waals surface area contributed by atoms with Gasteiger partial charge in [-0.3, -0.25) is 0 Å². The van der Waals surface area contributed by atoms with Gasteiger partial charge in [0.1, 0.15) is 0 Å². The Bertz CT molecular complexity index is 1720. The van der Waals surface area contributed by atoms with Crippen LogP contribution in [0.25, 0.3) is 42.1 Å². The Morgan fingerprint density at radius 3 is 2.42 bits per heavy atom. The highest BCUT2D eigenvalue weighted by Crippen LogP contribution is 2.49. The molecule has 33 heavy (non-hydrogen) atoms. The van der Waals surface area contributed by atoms with Crippen molar-refractivity contribution in [2.24, 2.45) is 0 Å². The van der Waals surface area contributed by atoms with Gasteiger partial charge in [0.05, 0.1) is 0 Å². The van der Waals surface area contributed by atoms with E-state index in [2.05, 4.69) is 116 Å². The van der Waals surface area contributed by atoms with Crippen LogP contribution in [0.4, 0.5) is 11.4 Å². The summed E-state index contributed by atoms with van der Waals surface area (Å²) in [5.74, 6) is 0. The van der Waals surface area contributed by atoms with Crippen molar-refractivity contribution in [1.82, 2.24) is 0 Å². The van der Waals surface area contributed by atoms with Crippen molar-refractivity contribution < 1.29 is 0 Å². The molecule has 0 spiro atoms. The molecule has 7 rings (SSSR count). The summed E-state index contributed by atoms with van der Waals surface area (Å²) in [6, 6.07) is 35.5. The number of nitrogens with one attached hydrogen (secondary N) is 1. The Labute approximate surface area is 197 Å². The third-order valence-electron chi connectivity index (χ3n) is 7.25. The number of benzene rings is 5. The van der Waals surface area contributed by atoms with E-state index < -0.39 is 0 Å². The van der Waals surface area contributed by atoms with Gasteiger partial charge in [-0.25, -0.2) is 0 Å². The summed E-state index contributed by atoms with van der Waals surface area (Å²) in [7, 11) is 0. The highest BCUT2D eigenvalue weighted by Gasteiger charge is 2.35. The summed E-state index contributed by atoms with van der Waals surface area (Å²) in [4.78, 5) is 0. The second-order valence-corrected chi connectivity index (χ2v) is 10.6. The predicted octanol–water partition coefficient (Wildman–Crippen LogP) is 9.26. The van der Waals surface area contributed by atoms with Crippen LogP contribution in [-0.2, 0) is 5.41 Å². The Balaban J connectivity index is 1.38. The van der Waals surface area contributed by atoms with Crippen LogP contribution in [0, 0.1) is 0 Å². The van der Waals surface area contributed by atoms with Crippen LogP contribution in [0.1, 0.15) is 25.0 Å². The van der Waals surface area contributed by atoms with Gasteiger partial charge in [-0.2, -0.15) is 0 Å². The summed E-state index contributed by atoms with van der Waals surface area (Å²) in [6.07, 6.45) is 0. The van der Waals surface area contributed by atoms with Crippen LogP contribution in [0.3, 0.4) is 0 Å². The first-order chi connectivity index (χ1) is 16.1. The maximum atomic E-state index is 3.77. The summed E-state index contributed by atoms with van der Waals surface area (Å²) in [5.41, 5.74) is 7.83. The van der Waals surface area contributed by atoms with E-state index in [1.54, 1.807) is 0 Å². The summed E-state index contributed by atoms with van der Waals surface area (Å²) < 4.78 is 2.68. The molecule has 1 nitrogen and oxygen atoms in total. The molecule has 0 bridgehead atoms. The van der Waals surface area contributed by atoms with Gasteiger partial charge in [0.2, 0.25) is 0 Å². The molecule has 1 aliphatic carbocycles. The Morgan fingerprint density at radius 2 is 1.48 bits per heavy atom. The van der Waals surface area contributed by atoms with Gasteiger partial charge in [-0.05, 0) is 57.3 Å². The lowest BCUT2D eigenvalue weighted by Crippen LogP contribution is -2.15. The third kappa shape index (κ3) is 2.65. The molecule has 0 aliphatic heterocycles. The standard InChI is InChI=1S/C31H23NS/c1-31(2)25-11-6-5-10-22(25)23-17-15-20(18-26(23)31)32-27-12-7-13-28-29(27)24-16-14-19-8-3-4-9-21(19)30(24)33-28/h3-18,32H,1-2H3. The van der Waals surface area contributed by atoms with Crippen LogP contribution < -0.4 is 5.32 Å².